The van der Waals surface area contributed by atoms with E-state index in [1.807, 2.05) is 17.0 Å². The molecule has 3 rings (SSSR count). The molecule has 154 valence electrons. The lowest BCUT2D eigenvalue weighted by Crippen LogP contribution is -2.38. The minimum atomic E-state index is -0.367. The summed E-state index contributed by atoms with van der Waals surface area (Å²) in [4.78, 5) is 41.9. The minimum Gasteiger partial charge on any atom is -0.486 e. The monoisotopic (exact) mass is 398 g/mol. The molecule has 8 heteroatoms. The highest BCUT2D eigenvalue weighted by Crippen LogP contribution is 2.14. The van der Waals surface area contributed by atoms with E-state index in [2.05, 4.69) is 15.6 Å². The van der Waals surface area contributed by atoms with Crippen LogP contribution in [0.1, 0.15) is 35.2 Å². The summed E-state index contributed by atoms with van der Waals surface area (Å²) in [6, 6.07) is 7.25. The van der Waals surface area contributed by atoms with Crippen molar-refractivity contribution in [2.24, 2.45) is 4.99 Å². The maximum absolute atomic E-state index is 12.5. The fourth-order valence-corrected chi connectivity index (χ4v) is 3.12. The molecule has 1 aromatic carbocycles. The van der Waals surface area contributed by atoms with E-state index in [9.17, 15) is 14.4 Å². The molecule has 1 saturated heterocycles. The minimum absolute atomic E-state index is 0.0603. The number of hydrogen-bond donors (Lipinski definition) is 2. The molecular formula is C21H26N4O4. The lowest BCUT2D eigenvalue weighted by molar-refractivity contribution is -0.128. The maximum Gasteiger partial charge on any atom is 0.258 e. The van der Waals surface area contributed by atoms with Crippen LogP contribution in [-0.4, -0.2) is 61.6 Å². The van der Waals surface area contributed by atoms with E-state index >= 15 is 0 Å². The second-order valence-electron chi connectivity index (χ2n) is 7.01. The van der Waals surface area contributed by atoms with Gasteiger partial charge in [-0.2, -0.15) is 0 Å². The molecule has 0 aliphatic carbocycles. The van der Waals surface area contributed by atoms with Crippen LogP contribution in [0.5, 0.6) is 0 Å². The number of nitrogens with one attached hydrogen (secondary N) is 2. The molecule has 2 heterocycles. The Labute approximate surface area is 170 Å². The number of amides is 3. The largest absolute Gasteiger partial charge is 0.486 e. The zero-order valence-corrected chi connectivity index (χ0v) is 16.4. The van der Waals surface area contributed by atoms with Crippen LogP contribution in [-0.2, 0) is 20.9 Å². The number of carbonyl (C=O) groups excluding carboxylic acids is 3. The highest BCUT2D eigenvalue weighted by Gasteiger charge is 2.17. The zero-order valence-electron chi connectivity index (χ0n) is 16.4. The number of nitrogens with zero attached hydrogens (tertiary/aromatic N) is 2. The fraction of sp³-hybridized carbons (Fsp3) is 0.429. The summed E-state index contributed by atoms with van der Waals surface area (Å²) in [5.74, 6) is 0.0285. The number of rotatable bonds is 8. The average Bonchev–Trinajstić information content (AvgIpc) is 3.29. The number of hydrogen-bond acceptors (Lipinski definition) is 5. The molecule has 1 fully saturated rings. The van der Waals surface area contributed by atoms with Crippen molar-refractivity contribution in [1.29, 1.82) is 0 Å². The van der Waals surface area contributed by atoms with Crippen LogP contribution in [0.4, 0.5) is 0 Å². The fourth-order valence-electron chi connectivity index (χ4n) is 3.12. The molecular weight excluding hydrogens is 372 g/mol. The highest BCUT2D eigenvalue weighted by atomic mass is 16.5. The Morgan fingerprint density at radius 1 is 1.00 bits per heavy atom. The number of likely N-dealkylation sites (tertiary alicyclic amines) is 1. The second-order valence-corrected chi connectivity index (χ2v) is 7.01. The van der Waals surface area contributed by atoms with E-state index < -0.39 is 0 Å². The first-order valence-corrected chi connectivity index (χ1v) is 9.85. The maximum atomic E-state index is 12.5. The molecule has 2 N–H and O–H groups in total. The molecule has 0 saturated carbocycles. The summed E-state index contributed by atoms with van der Waals surface area (Å²) in [5.41, 5.74) is 1.55. The van der Waals surface area contributed by atoms with Crippen LogP contribution in [0.2, 0.25) is 0 Å². The van der Waals surface area contributed by atoms with Gasteiger partial charge in [0.25, 0.3) is 11.8 Å². The molecule has 2 aliphatic heterocycles. The van der Waals surface area contributed by atoms with E-state index in [1.165, 1.54) is 6.42 Å². The van der Waals surface area contributed by atoms with Crippen molar-refractivity contribution in [3.63, 3.8) is 0 Å². The Morgan fingerprint density at radius 3 is 2.45 bits per heavy atom. The van der Waals surface area contributed by atoms with E-state index in [1.54, 1.807) is 24.4 Å². The predicted molar refractivity (Wildman–Crippen MR) is 108 cm³/mol. The van der Waals surface area contributed by atoms with Gasteiger partial charge in [0, 0.05) is 31.4 Å². The Balaban J connectivity index is 1.35. The number of piperidine rings is 1. The van der Waals surface area contributed by atoms with Gasteiger partial charge in [-0.25, -0.2) is 0 Å². The number of carbonyl (C=O) groups is 3. The van der Waals surface area contributed by atoms with Crippen LogP contribution in [0.15, 0.2) is 41.1 Å². The second kappa shape index (κ2) is 10.4. The quantitative estimate of drug-likeness (QED) is 0.683. The van der Waals surface area contributed by atoms with Crippen LogP contribution < -0.4 is 10.6 Å². The summed E-state index contributed by atoms with van der Waals surface area (Å²) in [5, 5.41) is 5.25. The summed E-state index contributed by atoms with van der Waals surface area (Å²) in [7, 11) is 0. The zero-order chi connectivity index (χ0) is 20.5. The topological polar surface area (TPSA) is 100 Å². The van der Waals surface area contributed by atoms with Gasteiger partial charge in [-0.05, 0) is 43.0 Å². The van der Waals surface area contributed by atoms with Crippen LogP contribution >= 0.6 is 0 Å². The standard InChI is InChI=1S/C21H26N4O4/c26-19(14-24-20(27)15-29-18-8-9-22-13-18)23-12-16-4-6-17(7-5-16)21(28)25-10-2-1-3-11-25/h4-9H,1-3,10-15H2,(H,23,26)(H,24,27). The Kier molecular flexibility index (Phi) is 7.38. The summed E-state index contributed by atoms with van der Waals surface area (Å²) in [6.45, 7) is 2.14. The first-order chi connectivity index (χ1) is 14.1. The van der Waals surface area contributed by atoms with E-state index in [0.29, 0.717) is 24.4 Å². The van der Waals surface area contributed by atoms with Crippen molar-refractivity contribution >= 4 is 23.9 Å². The van der Waals surface area contributed by atoms with Gasteiger partial charge in [0.2, 0.25) is 5.91 Å². The van der Waals surface area contributed by atoms with Gasteiger partial charge in [-0.1, -0.05) is 12.1 Å². The number of allylic oxidation sites excluding steroid dienone is 1. The third kappa shape index (κ3) is 6.44. The van der Waals surface area contributed by atoms with Crippen molar-refractivity contribution in [3.8, 4) is 0 Å². The summed E-state index contributed by atoms with van der Waals surface area (Å²) < 4.78 is 5.26. The van der Waals surface area contributed by atoms with Crippen molar-refractivity contribution in [2.45, 2.75) is 25.8 Å². The summed E-state index contributed by atoms with van der Waals surface area (Å²) in [6.07, 6.45) is 6.63. The number of ether oxygens (including phenoxy) is 1. The van der Waals surface area contributed by atoms with Crippen molar-refractivity contribution in [2.75, 3.05) is 32.8 Å². The van der Waals surface area contributed by atoms with Crippen molar-refractivity contribution in [3.05, 3.63) is 47.2 Å². The first-order valence-electron chi connectivity index (χ1n) is 9.85. The Morgan fingerprint density at radius 2 is 1.76 bits per heavy atom. The van der Waals surface area contributed by atoms with E-state index in [4.69, 9.17) is 4.74 Å². The molecule has 2 aliphatic rings. The van der Waals surface area contributed by atoms with Crippen molar-refractivity contribution in [1.82, 2.24) is 15.5 Å². The van der Waals surface area contributed by atoms with Crippen LogP contribution in [0.25, 0.3) is 0 Å². The Bertz CT molecular complexity index is 795. The molecule has 0 radical (unpaired) electrons. The lowest BCUT2D eigenvalue weighted by atomic mass is 10.1. The van der Waals surface area contributed by atoms with Gasteiger partial charge in [-0.15, -0.1) is 0 Å². The van der Waals surface area contributed by atoms with Gasteiger partial charge < -0.3 is 20.3 Å². The Hall–Kier alpha value is -3.16. The molecule has 3 amide bonds. The number of benzene rings is 1. The molecule has 1 aromatic rings. The van der Waals surface area contributed by atoms with Gasteiger partial charge in [0.1, 0.15) is 5.76 Å². The van der Waals surface area contributed by atoms with Crippen LogP contribution in [0.3, 0.4) is 0 Å². The molecule has 0 spiro atoms. The number of aliphatic imine (C=N–C) groups is 1. The smallest absolute Gasteiger partial charge is 0.258 e. The molecule has 8 nitrogen and oxygen atoms in total. The summed E-state index contributed by atoms with van der Waals surface area (Å²) >= 11 is 0. The molecule has 0 atom stereocenters. The van der Waals surface area contributed by atoms with Gasteiger partial charge in [0.15, 0.2) is 6.61 Å². The van der Waals surface area contributed by atoms with Gasteiger partial charge in [-0.3, -0.25) is 19.4 Å². The highest BCUT2D eigenvalue weighted by molar-refractivity contribution is 5.94. The predicted octanol–water partition coefficient (Wildman–Crippen LogP) is 1.03. The molecule has 0 unspecified atom stereocenters. The van der Waals surface area contributed by atoms with E-state index in [0.717, 1.165) is 31.5 Å². The van der Waals surface area contributed by atoms with Gasteiger partial charge >= 0.3 is 0 Å². The molecule has 0 aromatic heterocycles. The molecule has 0 bridgehead atoms. The third-order valence-electron chi connectivity index (χ3n) is 4.78. The van der Waals surface area contributed by atoms with Crippen molar-refractivity contribution < 1.29 is 19.1 Å². The average molecular weight is 398 g/mol. The lowest BCUT2D eigenvalue weighted by Gasteiger charge is -2.26. The third-order valence-corrected chi connectivity index (χ3v) is 4.78. The SMILES string of the molecule is O=C(CNC(=O)COC1=CC=NC1)NCc1ccc(C(=O)N2CCCCC2)cc1. The van der Waals surface area contributed by atoms with E-state index in [-0.39, 0.29) is 30.9 Å². The first kappa shape index (κ1) is 20.6. The molecule has 29 heavy (non-hydrogen) atoms. The van der Waals surface area contributed by atoms with Gasteiger partial charge in [0.05, 0.1) is 13.1 Å². The van der Waals surface area contributed by atoms with Crippen LogP contribution in [0, 0.1) is 0 Å². The normalized spacial score (nSPS) is 15.6.